The van der Waals surface area contributed by atoms with E-state index in [2.05, 4.69) is 22.3 Å². The van der Waals surface area contributed by atoms with Gasteiger partial charge in [0.2, 0.25) is 17.7 Å². The molecule has 7 heteroatoms. The maximum atomic E-state index is 11.5. The van der Waals surface area contributed by atoms with Gasteiger partial charge in [0, 0.05) is 37.0 Å². The summed E-state index contributed by atoms with van der Waals surface area (Å²) in [6, 6.07) is 6.13. The summed E-state index contributed by atoms with van der Waals surface area (Å²) in [6.07, 6.45) is 3.99. The molecule has 144 valence electrons. The van der Waals surface area contributed by atoms with Crippen LogP contribution in [-0.2, 0) is 17.6 Å². The van der Waals surface area contributed by atoms with Crippen LogP contribution in [0.1, 0.15) is 49.1 Å². The summed E-state index contributed by atoms with van der Waals surface area (Å²) in [7, 11) is 0. The fourth-order valence-electron chi connectivity index (χ4n) is 4.11. The molecule has 2 heterocycles. The zero-order chi connectivity index (χ0) is 19.0. The van der Waals surface area contributed by atoms with Gasteiger partial charge in [-0.1, -0.05) is 6.07 Å². The van der Waals surface area contributed by atoms with E-state index >= 15 is 0 Å². The Kier molecular flexibility index (Phi) is 4.74. The van der Waals surface area contributed by atoms with Crippen LogP contribution in [0.4, 0.5) is 0 Å². The highest BCUT2D eigenvalue weighted by molar-refractivity contribution is 5.73. The Balaban J connectivity index is 1.49. The lowest BCUT2D eigenvalue weighted by Crippen LogP contribution is -2.48. The lowest BCUT2D eigenvalue weighted by Gasteiger charge is -2.33. The van der Waals surface area contributed by atoms with Crippen molar-refractivity contribution in [3.8, 4) is 11.5 Å². The summed E-state index contributed by atoms with van der Waals surface area (Å²) in [5.41, 5.74) is 9.04. The number of piperidine rings is 1. The molecule has 1 aliphatic carbocycles. The second-order valence-electron chi connectivity index (χ2n) is 7.91. The number of carbonyl (C=O) groups excluding carboxylic acids is 1. The maximum Gasteiger partial charge on any atom is 0.247 e. The van der Waals surface area contributed by atoms with Crippen LogP contribution in [0.3, 0.4) is 0 Å². The van der Waals surface area contributed by atoms with Gasteiger partial charge < -0.3 is 20.2 Å². The highest BCUT2D eigenvalue weighted by Gasteiger charge is 2.30. The van der Waals surface area contributed by atoms with Crippen LogP contribution >= 0.6 is 0 Å². The van der Waals surface area contributed by atoms with Gasteiger partial charge in [-0.25, -0.2) is 0 Å². The van der Waals surface area contributed by atoms with Crippen LogP contribution in [0.15, 0.2) is 22.6 Å². The molecule has 1 aliphatic heterocycles. The third kappa shape index (κ3) is 3.61. The fourth-order valence-corrected chi connectivity index (χ4v) is 4.11. The first-order valence-corrected chi connectivity index (χ1v) is 9.58. The van der Waals surface area contributed by atoms with Crippen molar-refractivity contribution in [3.63, 3.8) is 0 Å². The number of likely N-dealkylation sites (tertiary alicyclic amines) is 1. The number of aliphatic hydroxyl groups excluding tert-OH is 1. The molecule has 1 saturated heterocycles. The molecule has 1 aromatic carbocycles. The van der Waals surface area contributed by atoms with E-state index in [1.807, 2.05) is 11.0 Å². The normalized spacial score (nSPS) is 23.3. The Bertz CT molecular complexity index is 842. The minimum atomic E-state index is -0.513. The van der Waals surface area contributed by atoms with Gasteiger partial charge in [-0.15, -0.1) is 10.2 Å². The average Bonchev–Trinajstić information content (AvgIpc) is 3.18. The van der Waals surface area contributed by atoms with Crippen molar-refractivity contribution >= 4 is 5.91 Å². The van der Waals surface area contributed by atoms with Gasteiger partial charge in [0.25, 0.3) is 0 Å². The molecular formula is C20H26N4O3. The van der Waals surface area contributed by atoms with E-state index < -0.39 is 5.54 Å². The predicted molar refractivity (Wildman–Crippen MR) is 100.0 cm³/mol. The number of fused-ring (bicyclic) bond motifs is 1. The second-order valence-corrected chi connectivity index (χ2v) is 7.91. The van der Waals surface area contributed by atoms with Crippen molar-refractivity contribution in [2.45, 2.75) is 50.5 Å². The molecular weight excluding hydrogens is 344 g/mol. The molecule has 2 aromatic rings. The van der Waals surface area contributed by atoms with Crippen molar-refractivity contribution in [1.29, 1.82) is 0 Å². The summed E-state index contributed by atoms with van der Waals surface area (Å²) in [5.74, 6) is 1.53. The average molecular weight is 370 g/mol. The molecule has 0 radical (unpaired) electrons. The van der Waals surface area contributed by atoms with Gasteiger partial charge >= 0.3 is 0 Å². The Labute approximate surface area is 158 Å². The number of aryl methyl sites for hydroxylation is 1. The number of benzene rings is 1. The SMILES string of the molecule is CC(=O)N1CCC(c2nnc(-c3ccc4c(c3)CCC(N)(CO)C4)o2)CC1. The summed E-state index contributed by atoms with van der Waals surface area (Å²) in [4.78, 5) is 13.3. The van der Waals surface area contributed by atoms with Gasteiger partial charge in [-0.3, -0.25) is 4.79 Å². The standard InChI is InChI=1S/C20H26N4O3/c1-13(26)24-8-5-14(6-9-24)18-22-23-19(27-18)16-2-3-17-11-20(21,12-25)7-4-15(17)10-16/h2-3,10,14,25H,4-9,11-12,21H2,1H3. The highest BCUT2D eigenvalue weighted by Crippen LogP contribution is 2.32. The molecule has 1 atom stereocenters. The molecule has 1 aromatic heterocycles. The van der Waals surface area contributed by atoms with Crippen LogP contribution < -0.4 is 5.73 Å². The van der Waals surface area contributed by atoms with Gasteiger partial charge in [-0.2, -0.15) is 0 Å². The summed E-state index contributed by atoms with van der Waals surface area (Å²) in [6.45, 7) is 3.09. The number of rotatable bonds is 3. The van der Waals surface area contributed by atoms with Crippen LogP contribution in [0.25, 0.3) is 11.5 Å². The molecule has 7 nitrogen and oxygen atoms in total. The predicted octanol–water partition coefficient (Wildman–Crippen LogP) is 1.64. The molecule has 3 N–H and O–H groups in total. The lowest BCUT2D eigenvalue weighted by molar-refractivity contribution is -0.129. The number of hydrogen-bond acceptors (Lipinski definition) is 6. The van der Waals surface area contributed by atoms with Crippen LogP contribution in [0.2, 0.25) is 0 Å². The van der Waals surface area contributed by atoms with Crippen LogP contribution in [0.5, 0.6) is 0 Å². The van der Waals surface area contributed by atoms with Crippen LogP contribution in [0, 0.1) is 0 Å². The fraction of sp³-hybridized carbons (Fsp3) is 0.550. The highest BCUT2D eigenvalue weighted by atomic mass is 16.4. The molecule has 0 bridgehead atoms. The molecule has 1 unspecified atom stereocenters. The maximum absolute atomic E-state index is 11.5. The first-order valence-electron chi connectivity index (χ1n) is 9.58. The first kappa shape index (κ1) is 18.1. The molecule has 1 fully saturated rings. The van der Waals surface area contributed by atoms with Crippen LogP contribution in [-0.4, -0.2) is 51.3 Å². The number of aromatic nitrogens is 2. The summed E-state index contributed by atoms with van der Waals surface area (Å²) >= 11 is 0. The Morgan fingerprint density at radius 1 is 1.33 bits per heavy atom. The topological polar surface area (TPSA) is 105 Å². The number of aliphatic hydroxyl groups is 1. The Morgan fingerprint density at radius 2 is 2.11 bits per heavy atom. The Hall–Kier alpha value is -2.25. The monoisotopic (exact) mass is 370 g/mol. The number of hydrogen-bond donors (Lipinski definition) is 2. The second kappa shape index (κ2) is 7.05. The van der Waals surface area contributed by atoms with E-state index in [0.717, 1.165) is 44.3 Å². The van der Waals surface area contributed by atoms with Gasteiger partial charge in [-0.05, 0) is 55.4 Å². The van der Waals surface area contributed by atoms with E-state index in [-0.39, 0.29) is 18.4 Å². The minimum Gasteiger partial charge on any atom is -0.420 e. The van der Waals surface area contributed by atoms with Gasteiger partial charge in [0.1, 0.15) is 0 Å². The third-order valence-corrected chi connectivity index (χ3v) is 5.93. The summed E-state index contributed by atoms with van der Waals surface area (Å²) < 4.78 is 5.97. The van der Waals surface area contributed by atoms with E-state index in [1.54, 1.807) is 6.92 Å². The lowest BCUT2D eigenvalue weighted by atomic mass is 9.78. The Morgan fingerprint density at radius 3 is 2.81 bits per heavy atom. The van der Waals surface area contributed by atoms with Crippen molar-refractivity contribution in [3.05, 3.63) is 35.2 Å². The van der Waals surface area contributed by atoms with E-state index in [1.165, 1.54) is 11.1 Å². The number of nitrogens with two attached hydrogens (primary N) is 1. The van der Waals surface area contributed by atoms with E-state index in [9.17, 15) is 9.90 Å². The number of amides is 1. The smallest absolute Gasteiger partial charge is 0.247 e. The zero-order valence-electron chi connectivity index (χ0n) is 15.6. The molecule has 0 spiro atoms. The third-order valence-electron chi connectivity index (χ3n) is 5.93. The van der Waals surface area contributed by atoms with E-state index in [0.29, 0.717) is 18.2 Å². The number of carbonyl (C=O) groups is 1. The summed E-state index contributed by atoms with van der Waals surface area (Å²) in [5, 5.41) is 18.0. The first-order chi connectivity index (χ1) is 13.0. The van der Waals surface area contributed by atoms with E-state index in [4.69, 9.17) is 10.2 Å². The molecule has 27 heavy (non-hydrogen) atoms. The van der Waals surface area contributed by atoms with Gasteiger partial charge in [0.15, 0.2) is 0 Å². The zero-order valence-corrected chi connectivity index (χ0v) is 15.6. The molecule has 2 aliphatic rings. The molecule has 4 rings (SSSR count). The van der Waals surface area contributed by atoms with Crippen molar-refractivity contribution in [2.75, 3.05) is 19.7 Å². The number of nitrogens with zero attached hydrogens (tertiary/aromatic N) is 3. The van der Waals surface area contributed by atoms with Gasteiger partial charge in [0.05, 0.1) is 6.61 Å². The minimum absolute atomic E-state index is 0.00363. The molecule has 1 amide bonds. The largest absolute Gasteiger partial charge is 0.420 e. The van der Waals surface area contributed by atoms with Crippen molar-refractivity contribution < 1.29 is 14.3 Å². The van der Waals surface area contributed by atoms with Crippen molar-refractivity contribution in [2.24, 2.45) is 5.73 Å². The molecule has 0 saturated carbocycles. The quantitative estimate of drug-likeness (QED) is 0.851. The van der Waals surface area contributed by atoms with Crippen molar-refractivity contribution in [1.82, 2.24) is 15.1 Å².